The third-order valence-corrected chi connectivity index (χ3v) is 4.09. The zero-order valence-corrected chi connectivity index (χ0v) is 16.2. The van der Waals surface area contributed by atoms with E-state index in [1.807, 2.05) is 12.1 Å². The predicted octanol–water partition coefficient (Wildman–Crippen LogP) is 1.77. The van der Waals surface area contributed by atoms with E-state index in [1.54, 1.807) is 7.11 Å². The molecule has 1 atom stereocenters. The SMILES string of the molecule is COc1ccc(C(CNC(=O)CCCN)N2CCOCC2)cc1.Cl.Cl. The lowest BCUT2D eigenvalue weighted by Crippen LogP contribution is -2.43. The van der Waals surface area contributed by atoms with Crippen LogP contribution in [0.1, 0.15) is 24.4 Å². The van der Waals surface area contributed by atoms with Gasteiger partial charge in [-0.3, -0.25) is 9.69 Å². The van der Waals surface area contributed by atoms with Crippen molar-refractivity contribution in [2.24, 2.45) is 5.73 Å². The summed E-state index contributed by atoms with van der Waals surface area (Å²) in [5.74, 6) is 0.892. The molecular weight excluding hydrogens is 365 g/mol. The zero-order valence-electron chi connectivity index (χ0n) is 14.6. The van der Waals surface area contributed by atoms with Gasteiger partial charge < -0.3 is 20.5 Å². The summed E-state index contributed by atoms with van der Waals surface area (Å²) in [6, 6.07) is 8.18. The molecule has 0 spiro atoms. The summed E-state index contributed by atoms with van der Waals surface area (Å²) >= 11 is 0. The third kappa shape index (κ3) is 7.79. The Morgan fingerprint density at radius 3 is 2.48 bits per heavy atom. The molecule has 1 aliphatic heterocycles. The van der Waals surface area contributed by atoms with Gasteiger partial charge in [-0.2, -0.15) is 0 Å². The molecule has 25 heavy (non-hydrogen) atoms. The van der Waals surface area contributed by atoms with Crippen molar-refractivity contribution in [1.29, 1.82) is 0 Å². The van der Waals surface area contributed by atoms with Crippen LogP contribution in [0.4, 0.5) is 0 Å². The first-order valence-electron chi connectivity index (χ1n) is 8.17. The van der Waals surface area contributed by atoms with Crippen molar-refractivity contribution in [2.45, 2.75) is 18.9 Å². The van der Waals surface area contributed by atoms with Crippen LogP contribution in [0.2, 0.25) is 0 Å². The molecule has 1 amide bonds. The Morgan fingerprint density at radius 2 is 1.92 bits per heavy atom. The fourth-order valence-electron chi connectivity index (χ4n) is 2.73. The molecule has 1 unspecified atom stereocenters. The van der Waals surface area contributed by atoms with Crippen molar-refractivity contribution >= 4 is 30.7 Å². The first-order valence-corrected chi connectivity index (χ1v) is 8.17. The molecule has 6 nitrogen and oxygen atoms in total. The van der Waals surface area contributed by atoms with Crippen LogP contribution in [-0.2, 0) is 9.53 Å². The summed E-state index contributed by atoms with van der Waals surface area (Å²) in [4.78, 5) is 14.2. The Morgan fingerprint density at radius 1 is 1.28 bits per heavy atom. The van der Waals surface area contributed by atoms with Crippen LogP contribution in [0.25, 0.3) is 0 Å². The average molecular weight is 394 g/mol. The molecular formula is C17H29Cl2N3O3. The van der Waals surface area contributed by atoms with Crippen LogP contribution in [-0.4, -0.2) is 57.3 Å². The number of ether oxygens (including phenoxy) is 2. The molecule has 0 saturated carbocycles. The molecule has 0 aliphatic carbocycles. The number of hydrogen-bond donors (Lipinski definition) is 2. The van der Waals surface area contributed by atoms with E-state index >= 15 is 0 Å². The zero-order chi connectivity index (χ0) is 16.5. The highest BCUT2D eigenvalue weighted by Gasteiger charge is 2.23. The molecule has 2 rings (SSSR count). The van der Waals surface area contributed by atoms with E-state index in [0.717, 1.165) is 38.5 Å². The Labute approximate surface area is 162 Å². The Hall–Kier alpha value is -1.05. The summed E-state index contributed by atoms with van der Waals surface area (Å²) in [5, 5.41) is 3.03. The van der Waals surface area contributed by atoms with Crippen LogP contribution >= 0.6 is 24.8 Å². The van der Waals surface area contributed by atoms with Gasteiger partial charge in [0.1, 0.15) is 5.75 Å². The van der Waals surface area contributed by atoms with Crippen LogP contribution in [0.5, 0.6) is 5.75 Å². The van der Waals surface area contributed by atoms with Crippen LogP contribution in [0.15, 0.2) is 24.3 Å². The normalized spacial score (nSPS) is 15.4. The lowest BCUT2D eigenvalue weighted by molar-refractivity contribution is -0.121. The number of benzene rings is 1. The predicted molar refractivity (Wildman–Crippen MR) is 104 cm³/mol. The second-order valence-electron chi connectivity index (χ2n) is 5.63. The van der Waals surface area contributed by atoms with E-state index < -0.39 is 0 Å². The lowest BCUT2D eigenvalue weighted by atomic mass is 10.0. The number of nitrogens with zero attached hydrogens (tertiary/aromatic N) is 1. The highest BCUT2D eigenvalue weighted by Crippen LogP contribution is 2.23. The Kier molecular flexibility index (Phi) is 12.6. The van der Waals surface area contributed by atoms with Crippen molar-refractivity contribution in [3.63, 3.8) is 0 Å². The minimum Gasteiger partial charge on any atom is -0.497 e. The number of carbonyl (C=O) groups excluding carboxylic acids is 1. The number of rotatable bonds is 8. The van der Waals surface area contributed by atoms with Crippen molar-refractivity contribution < 1.29 is 14.3 Å². The molecule has 1 aliphatic rings. The number of morpholine rings is 1. The monoisotopic (exact) mass is 393 g/mol. The molecule has 1 aromatic rings. The van der Waals surface area contributed by atoms with Crippen molar-refractivity contribution in [3.05, 3.63) is 29.8 Å². The van der Waals surface area contributed by atoms with Crippen molar-refractivity contribution in [3.8, 4) is 5.75 Å². The maximum absolute atomic E-state index is 11.9. The summed E-state index contributed by atoms with van der Waals surface area (Å²) in [6.45, 7) is 4.33. The second-order valence-corrected chi connectivity index (χ2v) is 5.63. The lowest BCUT2D eigenvalue weighted by Gasteiger charge is -2.35. The first kappa shape index (κ1) is 23.9. The number of nitrogens with two attached hydrogens (primary N) is 1. The largest absolute Gasteiger partial charge is 0.497 e. The standard InChI is InChI=1S/C17H27N3O3.2ClH/c1-22-15-6-4-14(5-7-15)16(20-9-11-23-12-10-20)13-19-17(21)3-2-8-18;;/h4-7,16H,2-3,8-13,18H2,1H3,(H,19,21);2*1H. The minimum absolute atomic E-state index is 0. The topological polar surface area (TPSA) is 76.8 Å². The molecule has 8 heteroatoms. The molecule has 1 aromatic carbocycles. The fraction of sp³-hybridized carbons (Fsp3) is 0.588. The van der Waals surface area contributed by atoms with Gasteiger partial charge in [0.2, 0.25) is 5.91 Å². The van der Waals surface area contributed by atoms with Crippen molar-refractivity contribution in [1.82, 2.24) is 10.2 Å². The molecule has 1 heterocycles. The van der Waals surface area contributed by atoms with Gasteiger partial charge in [-0.15, -0.1) is 24.8 Å². The number of methoxy groups -OCH3 is 1. The number of hydrogen-bond acceptors (Lipinski definition) is 5. The highest BCUT2D eigenvalue weighted by atomic mass is 35.5. The van der Waals surface area contributed by atoms with Crippen LogP contribution < -0.4 is 15.8 Å². The van der Waals surface area contributed by atoms with E-state index in [0.29, 0.717) is 19.5 Å². The minimum atomic E-state index is 0. The Balaban J connectivity index is 0.00000288. The summed E-state index contributed by atoms with van der Waals surface area (Å²) in [5.41, 5.74) is 6.63. The van der Waals surface area contributed by atoms with E-state index in [9.17, 15) is 4.79 Å². The van der Waals surface area contributed by atoms with Gasteiger partial charge >= 0.3 is 0 Å². The average Bonchev–Trinajstić information content (AvgIpc) is 2.61. The van der Waals surface area contributed by atoms with Crippen LogP contribution in [0.3, 0.4) is 0 Å². The smallest absolute Gasteiger partial charge is 0.220 e. The quantitative estimate of drug-likeness (QED) is 0.703. The Bertz CT molecular complexity index is 483. The maximum atomic E-state index is 11.9. The molecule has 0 bridgehead atoms. The molecule has 0 radical (unpaired) electrons. The summed E-state index contributed by atoms with van der Waals surface area (Å²) in [7, 11) is 1.66. The van der Waals surface area contributed by atoms with Gasteiger partial charge in [0.15, 0.2) is 0 Å². The van der Waals surface area contributed by atoms with Gasteiger partial charge in [0.05, 0.1) is 26.4 Å². The van der Waals surface area contributed by atoms with Gasteiger partial charge in [0.25, 0.3) is 0 Å². The van der Waals surface area contributed by atoms with E-state index in [-0.39, 0.29) is 36.8 Å². The highest BCUT2D eigenvalue weighted by molar-refractivity contribution is 5.85. The molecule has 1 saturated heterocycles. The number of nitrogens with one attached hydrogen (secondary N) is 1. The molecule has 3 N–H and O–H groups in total. The number of amides is 1. The van der Waals surface area contributed by atoms with Gasteiger partial charge in [-0.1, -0.05) is 12.1 Å². The van der Waals surface area contributed by atoms with Crippen LogP contribution in [0, 0.1) is 0 Å². The molecule has 1 fully saturated rings. The summed E-state index contributed by atoms with van der Waals surface area (Å²) in [6.07, 6.45) is 1.20. The van der Waals surface area contributed by atoms with Gasteiger partial charge in [-0.05, 0) is 30.7 Å². The molecule has 144 valence electrons. The second kappa shape index (κ2) is 13.2. The van der Waals surface area contributed by atoms with E-state index in [4.69, 9.17) is 15.2 Å². The van der Waals surface area contributed by atoms with Gasteiger partial charge in [0, 0.05) is 26.1 Å². The first-order chi connectivity index (χ1) is 11.2. The third-order valence-electron chi connectivity index (χ3n) is 4.09. The summed E-state index contributed by atoms with van der Waals surface area (Å²) < 4.78 is 10.7. The number of halogens is 2. The van der Waals surface area contributed by atoms with E-state index in [2.05, 4.69) is 22.3 Å². The number of carbonyl (C=O) groups is 1. The molecule has 0 aromatic heterocycles. The fourth-order valence-corrected chi connectivity index (χ4v) is 2.73. The van der Waals surface area contributed by atoms with E-state index in [1.165, 1.54) is 5.56 Å². The van der Waals surface area contributed by atoms with Crippen molar-refractivity contribution in [2.75, 3.05) is 46.5 Å². The maximum Gasteiger partial charge on any atom is 0.220 e. The van der Waals surface area contributed by atoms with Gasteiger partial charge in [-0.25, -0.2) is 0 Å².